The van der Waals surface area contributed by atoms with Gasteiger partial charge in [0.15, 0.2) is 0 Å². The number of esters is 1. The number of nitriles is 1. The number of ether oxygens (including phenoxy) is 1. The van der Waals surface area contributed by atoms with Gasteiger partial charge in [-0.15, -0.1) is 0 Å². The molecule has 16 heavy (non-hydrogen) atoms. The van der Waals surface area contributed by atoms with Crippen molar-refractivity contribution >= 4 is 12.0 Å². The first-order valence-electron chi connectivity index (χ1n) is 5.03. The second kappa shape index (κ2) is 5.72. The molecule has 0 saturated heterocycles. The fraction of sp³-hybridized carbons (Fsp3) is 0.231. The average Bonchev–Trinajstić information content (AvgIpc) is 2.30. The number of nitrogens with zero attached hydrogens (tertiary/aromatic N) is 1. The number of hydrogen-bond donors (Lipinski definition) is 0. The van der Waals surface area contributed by atoms with E-state index < -0.39 is 0 Å². The first kappa shape index (κ1) is 12.0. The van der Waals surface area contributed by atoms with E-state index in [2.05, 4.69) is 0 Å². The Balaban J connectivity index is 2.82. The van der Waals surface area contributed by atoms with Gasteiger partial charge in [0.2, 0.25) is 0 Å². The lowest BCUT2D eigenvalue weighted by Crippen LogP contribution is -2.04. The van der Waals surface area contributed by atoms with E-state index in [1.165, 1.54) is 0 Å². The summed E-state index contributed by atoms with van der Waals surface area (Å²) in [5.74, 6) is -0.313. The van der Waals surface area contributed by atoms with Crippen molar-refractivity contribution in [2.75, 3.05) is 6.61 Å². The minimum Gasteiger partial charge on any atom is -0.463 e. The highest BCUT2D eigenvalue weighted by atomic mass is 16.5. The van der Waals surface area contributed by atoms with Crippen molar-refractivity contribution in [2.45, 2.75) is 13.8 Å². The van der Waals surface area contributed by atoms with E-state index in [-0.39, 0.29) is 5.97 Å². The van der Waals surface area contributed by atoms with Gasteiger partial charge in [0, 0.05) is 5.57 Å². The number of rotatable bonds is 3. The van der Waals surface area contributed by atoms with Crippen molar-refractivity contribution in [3.05, 3.63) is 41.0 Å². The maximum atomic E-state index is 11.3. The van der Waals surface area contributed by atoms with E-state index >= 15 is 0 Å². The van der Waals surface area contributed by atoms with Crippen molar-refractivity contribution < 1.29 is 9.53 Å². The zero-order valence-electron chi connectivity index (χ0n) is 9.36. The molecule has 1 aromatic rings. The predicted octanol–water partition coefficient (Wildman–Crippen LogP) is 2.52. The van der Waals surface area contributed by atoms with E-state index in [4.69, 9.17) is 10.00 Å². The molecule has 1 rings (SSSR count). The van der Waals surface area contributed by atoms with E-state index in [1.807, 2.05) is 6.07 Å². The monoisotopic (exact) mass is 215 g/mol. The van der Waals surface area contributed by atoms with Gasteiger partial charge in [0.1, 0.15) is 0 Å². The molecule has 0 heterocycles. The van der Waals surface area contributed by atoms with Gasteiger partial charge in [0.25, 0.3) is 0 Å². The average molecular weight is 215 g/mol. The van der Waals surface area contributed by atoms with E-state index in [1.54, 1.807) is 44.2 Å². The lowest BCUT2D eigenvalue weighted by Gasteiger charge is -2.01. The normalized spacial score (nSPS) is 10.7. The second-order valence-corrected chi connectivity index (χ2v) is 3.28. The Bertz CT molecular complexity index is 438. The fourth-order valence-corrected chi connectivity index (χ4v) is 1.21. The van der Waals surface area contributed by atoms with Gasteiger partial charge in [-0.25, -0.2) is 4.79 Å². The molecule has 0 aliphatic heterocycles. The van der Waals surface area contributed by atoms with Gasteiger partial charge in [0.05, 0.1) is 18.2 Å². The molecule has 1 aromatic carbocycles. The molecule has 0 unspecified atom stereocenters. The standard InChI is InChI=1S/C13H13NO2/c1-3-16-13(15)10(2)8-11-4-6-12(9-14)7-5-11/h4-8H,3H2,1-2H3/b10-8-. The molecule has 0 aliphatic rings. The SMILES string of the molecule is CCOC(=O)/C(C)=C\c1ccc(C#N)cc1. The van der Waals surface area contributed by atoms with Crippen LogP contribution in [-0.2, 0) is 9.53 Å². The molecule has 0 amide bonds. The zero-order chi connectivity index (χ0) is 12.0. The summed E-state index contributed by atoms with van der Waals surface area (Å²) in [6.45, 7) is 3.85. The van der Waals surface area contributed by atoms with Crippen LogP contribution in [0, 0.1) is 11.3 Å². The Morgan fingerprint density at radius 1 is 1.44 bits per heavy atom. The molecule has 82 valence electrons. The first-order chi connectivity index (χ1) is 7.67. The highest BCUT2D eigenvalue weighted by molar-refractivity contribution is 5.92. The number of carbonyl (C=O) groups excluding carboxylic acids is 1. The van der Waals surface area contributed by atoms with Crippen LogP contribution in [0.3, 0.4) is 0 Å². The third-order valence-electron chi connectivity index (χ3n) is 2.02. The van der Waals surface area contributed by atoms with Crippen molar-refractivity contribution in [3.8, 4) is 6.07 Å². The molecule has 0 spiro atoms. The van der Waals surface area contributed by atoms with Crippen LogP contribution >= 0.6 is 0 Å². The van der Waals surface area contributed by atoms with Crippen molar-refractivity contribution in [1.29, 1.82) is 5.26 Å². The summed E-state index contributed by atoms with van der Waals surface area (Å²) in [5.41, 5.74) is 2.03. The van der Waals surface area contributed by atoms with Crippen molar-refractivity contribution in [1.82, 2.24) is 0 Å². The summed E-state index contributed by atoms with van der Waals surface area (Å²) in [5, 5.41) is 8.63. The minimum absolute atomic E-state index is 0.313. The first-order valence-corrected chi connectivity index (χ1v) is 5.03. The number of hydrogen-bond acceptors (Lipinski definition) is 3. The van der Waals surface area contributed by atoms with Crippen LogP contribution in [0.15, 0.2) is 29.8 Å². The van der Waals surface area contributed by atoms with Gasteiger partial charge in [-0.1, -0.05) is 12.1 Å². The highest BCUT2D eigenvalue weighted by Gasteiger charge is 2.03. The Morgan fingerprint density at radius 3 is 2.56 bits per heavy atom. The van der Waals surface area contributed by atoms with Crippen molar-refractivity contribution in [2.24, 2.45) is 0 Å². The van der Waals surface area contributed by atoms with Gasteiger partial charge < -0.3 is 4.74 Å². The summed E-state index contributed by atoms with van der Waals surface area (Å²) in [6.07, 6.45) is 1.74. The number of benzene rings is 1. The smallest absolute Gasteiger partial charge is 0.333 e. The predicted molar refractivity (Wildman–Crippen MR) is 61.4 cm³/mol. The topological polar surface area (TPSA) is 50.1 Å². The lowest BCUT2D eigenvalue weighted by molar-refractivity contribution is -0.138. The molecule has 0 atom stereocenters. The molecule has 0 N–H and O–H groups in total. The molecule has 0 radical (unpaired) electrons. The third kappa shape index (κ3) is 3.25. The maximum Gasteiger partial charge on any atom is 0.333 e. The second-order valence-electron chi connectivity index (χ2n) is 3.28. The summed E-state index contributed by atoms with van der Waals surface area (Å²) >= 11 is 0. The summed E-state index contributed by atoms with van der Waals surface area (Å²) in [7, 11) is 0. The van der Waals surface area contributed by atoms with Crippen LogP contribution in [0.4, 0.5) is 0 Å². The van der Waals surface area contributed by atoms with E-state index in [9.17, 15) is 4.79 Å². The van der Waals surface area contributed by atoms with Gasteiger partial charge in [-0.2, -0.15) is 5.26 Å². The minimum atomic E-state index is -0.313. The molecule has 3 nitrogen and oxygen atoms in total. The van der Waals surface area contributed by atoms with Crippen LogP contribution < -0.4 is 0 Å². The van der Waals surface area contributed by atoms with Crippen molar-refractivity contribution in [3.63, 3.8) is 0 Å². The highest BCUT2D eigenvalue weighted by Crippen LogP contribution is 2.09. The Kier molecular flexibility index (Phi) is 4.28. The van der Waals surface area contributed by atoms with E-state index in [0.29, 0.717) is 17.7 Å². The largest absolute Gasteiger partial charge is 0.463 e. The quantitative estimate of drug-likeness (QED) is 0.575. The summed E-state index contributed by atoms with van der Waals surface area (Å²) in [4.78, 5) is 11.3. The molecule has 0 fully saturated rings. The van der Waals surface area contributed by atoms with Crippen LogP contribution in [0.5, 0.6) is 0 Å². The Morgan fingerprint density at radius 2 is 2.06 bits per heavy atom. The zero-order valence-corrected chi connectivity index (χ0v) is 9.36. The van der Waals surface area contributed by atoms with Crippen LogP contribution in [0.25, 0.3) is 6.08 Å². The molecule has 0 bridgehead atoms. The molecular formula is C13H13NO2. The van der Waals surface area contributed by atoms with E-state index in [0.717, 1.165) is 5.56 Å². The lowest BCUT2D eigenvalue weighted by atomic mass is 10.1. The summed E-state index contributed by atoms with van der Waals surface area (Å²) < 4.78 is 4.86. The summed E-state index contributed by atoms with van der Waals surface area (Å²) in [6, 6.07) is 9.05. The van der Waals surface area contributed by atoms with Gasteiger partial charge in [-0.3, -0.25) is 0 Å². The van der Waals surface area contributed by atoms with Crippen LogP contribution in [0.1, 0.15) is 25.0 Å². The van der Waals surface area contributed by atoms with Crippen LogP contribution in [0.2, 0.25) is 0 Å². The molecule has 3 heteroatoms. The number of carbonyl (C=O) groups is 1. The van der Waals surface area contributed by atoms with Crippen LogP contribution in [-0.4, -0.2) is 12.6 Å². The maximum absolute atomic E-state index is 11.3. The Hall–Kier alpha value is -2.08. The Labute approximate surface area is 95.0 Å². The molecule has 0 saturated carbocycles. The third-order valence-corrected chi connectivity index (χ3v) is 2.02. The van der Waals surface area contributed by atoms with Gasteiger partial charge in [-0.05, 0) is 37.6 Å². The fourth-order valence-electron chi connectivity index (χ4n) is 1.21. The van der Waals surface area contributed by atoms with Gasteiger partial charge >= 0.3 is 5.97 Å². The molecular weight excluding hydrogens is 202 g/mol. The molecule has 0 aliphatic carbocycles. The molecule has 0 aromatic heterocycles.